The first-order chi connectivity index (χ1) is 72.3. The molecule has 0 bridgehead atoms. The number of hydrogen-bond acceptors (Lipinski definition) is 12. The molecule has 0 unspecified atom stereocenters. The van der Waals surface area contributed by atoms with Gasteiger partial charge in [-0.1, -0.05) is 241 Å². The van der Waals surface area contributed by atoms with Gasteiger partial charge in [-0.05, 0) is 287 Å². The van der Waals surface area contributed by atoms with Crippen molar-refractivity contribution in [2.75, 3.05) is 0 Å². The molecular weight excluding hydrogens is 1830 g/mol. The van der Waals surface area contributed by atoms with Gasteiger partial charge in [-0.2, -0.15) is 15.8 Å². The molecule has 0 spiro atoms. The molecule has 149 heavy (non-hydrogen) atoms. The summed E-state index contributed by atoms with van der Waals surface area (Å²) in [4.78, 5) is 56.5. The highest BCUT2D eigenvalue weighted by Crippen LogP contribution is 2.47. The molecule has 17 aromatic carbocycles. The molecule has 0 saturated heterocycles. The summed E-state index contributed by atoms with van der Waals surface area (Å²) >= 11 is 0. The van der Waals surface area contributed by atoms with Crippen LogP contribution >= 0.6 is 0 Å². The van der Waals surface area contributed by atoms with Crippen molar-refractivity contribution in [3.8, 4) is 159 Å². The molecule has 0 fully saturated rings. The molecule has 0 saturated carbocycles. The normalized spacial score (nSPS) is 11.0. The first-order valence-electron chi connectivity index (χ1n) is 48.6. The molecule has 706 valence electrons. The molecule has 0 aliphatic heterocycles. The Morgan fingerprint density at radius 1 is 0.215 bits per heavy atom. The van der Waals surface area contributed by atoms with Crippen molar-refractivity contribution in [3.05, 3.63) is 464 Å². The van der Waals surface area contributed by atoms with Gasteiger partial charge >= 0.3 is 0 Å². The number of benzene rings is 17. The molecule has 0 N–H and O–H groups in total. The van der Waals surface area contributed by atoms with Crippen LogP contribution in [0.1, 0.15) is 84.5 Å². The van der Waals surface area contributed by atoms with Crippen molar-refractivity contribution in [1.29, 1.82) is 15.8 Å². The Bertz CT molecular complexity index is 9340. The molecule has 0 aliphatic rings. The number of aromatic nitrogens is 12. The van der Waals surface area contributed by atoms with Crippen LogP contribution in [0.15, 0.2) is 334 Å². The summed E-state index contributed by atoms with van der Waals surface area (Å²) < 4.78 is 6.74. The Hall–Kier alpha value is -20.4. The van der Waals surface area contributed by atoms with E-state index in [4.69, 9.17) is 41.2 Å². The van der Waals surface area contributed by atoms with Crippen LogP contribution in [0.3, 0.4) is 0 Å². The van der Waals surface area contributed by atoms with Crippen molar-refractivity contribution in [3.63, 3.8) is 0 Å². The molecule has 19 nitrogen and oxygen atoms in total. The Morgan fingerprint density at radius 3 is 0.893 bits per heavy atom. The summed E-state index contributed by atoms with van der Waals surface area (Å²) in [6.45, 7) is 55.6. The molecule has 6 heterocycles. The molecule has 23 aromatic rings. The molecule has 0 aliphatic carbocycles. The van der Waals surface area contributed by atoms with E-state index < -0.39 is 0 Å². The average Bonchev–Trinajstić information content (AvgIpc) is 1.61. The van der Waals surface area contributed by atoms with Gasteiger partial charge in [-0.3, -0.25) is 0 Å². The molecule has 0 amide bonds. The third-order valence-electron chi connectivity index (χ3n) is 27.3. The maximum atomic E-state index is 10.4. The van der Waals surface area contributed by atoms with Gasteiger partial charge in [0.05, 0.1) is 88.7 Å². The van der Waals surface area contributed by atoms with Gasteiger partial charge < -0.3 is 13.7 Å². The Morgan fingerprint density at radius 2 is 0.537 bits per heavy atom. The quantitative estimate of drug-likeness (QED) is 0.0928. The summed E-state index contributed by atoms with van der Waals surface area (Å²) in [6.07, 6.45) is 0. The van der Waals surface area contributed by atoms with Gasteiger partial charge in [-0.25, -0.2) is 64.2 Å². The number of hydrogen-bond donors (Lipinski definition) is 0. The standard InChI is InChI=1S/C50H25N9.2C40H33N5/c1-53-39-21-31(29-51)20-37(22-39)34-15-18-46-44(25-34)45-26-35(38-23-40(54-2)27-41(24-38)55-3)16-19-47(45)59(46)42-17-14-36(30-52)43(28-42)50-57-48(32-10-6-4-7-11-32)56-49(58-50)33-12-8-5-9-13-33;1-23-8-13-32(25(3)18-23)29-10-15-34-35-16-11-30(33-14-9-24(2)19-26(33)4)21-39(35)45(38(34)20-29)31-12-17-36(37(22-31)41-7)40-43-27(5)42-28(6)44-40;1-23-7-13-33(25(3)17-23)29-10-15-35-36-16-11-30(34-14-8-24(2)18-26(34)4)20-39(36)45(38(35)19-29)32-12-9-31(22-41)37(21-32)40-43-27(5)42-28(6)44-40/h4-28H;8-22H,1-6H3;7-21H,1-6H3. The van der Waals surface area contributed by atoms with E-state index in [1.54, 1.807) is 42.5 Å². The Balaban J connectivity index is 0.000000133. The van der Waals surface area contributed by atoms with Crippen molar-refractivity contribution < 1.29 is 0 Å². The van der Waals surface area contributed by atoms with Crippen LogP contribution in [0.4, 0.5) is 22.7 Å². The summed E-state index contributed by atoms with van der Waals surface area (Å²) in [6, 6.07) is 120. The summed E-state index contributed by atoms with van der Waals surface area (Å²) in [5.41, 5.74) is 37.8. The first-order valence-corrected chi connectivity index (χ1v) is 48.6. The minimum Gasteiger partial charge on any atom is -0.310 e. The fourth-order valence-electron chi connectivity index (χ4n) is 20.5. The highest BCUT2D eigenvalue weighted by molar-refractivity contribution is 6.15. The van der Waals surface area contributed by atoms with Crippen LogP contribution < -0.4 is 0 Å². The number of fused-ring (bicyclic) bond motifs is 9. The monoisotopic (exact) mass is 1920 g/mol. The van der Waals surface area contributed by atoms with Crippen LogP contribution in [0.25, 0.3) is 226 Å². The van der Waals surface area contributed by atoms with Gasteiger partial charge in [0.2, 0.25) is 0 Å². The second kappa shape index (κ2) is 39.5. The zero-order chi connectivity index (χ0) is 103. The van der Waals surface area contributed by atoms with E-state index >= 15 is 0 Å². The Labute approximate surface area is 862 Å². The fourth-order valence-corrected chi connectivity index (χ4v) is 20.5. The Kier molecular flexibility index (Phi) is 25.1. The second-order valence-corrected chi connectivity index (χ2v) is 37.7. The van der Waals surface area contributed by atoms with E-state index in [0.717, 1.165) is 117 Å². The zero-order valence-electron chi connectivity index (χ0n) is 83.8. The SMILES string of the molecule is Cc1ccc(-c2ccc3c4ccc(-c5ccc(C)cc5C)cc4n(-c4ccc(C#N)c(-c5nc(C)nc(C)n5)c4)c3c2)c(C)c1.[C-]#[N+]c1cc(-n2c3cc(-c4ccc(C)cc4C)ccc3c3ccc(-c4ccc(C)cc4C)cc32)ccc1-c1nc(C)nc(C)n1.[C-]#[N+]c1cc(C#N)cc(-c2ccc3c(c2)c2cc(-c4cc([N+]#[C-])cc([N+]#[C-])c4)ccc2n3-c2ccc(C#N)c(-c3nc(-c4ccccc4)nc(-c4ccccc4)n3)c2)c1. The predicted octanol–water partition coefficient (Wildman–Crippen LogP) is 32.8. The third-order valence-corrected chi connectivity index (χ3v) is 27.3. The van der Waals surface area contributed by atoms with Crippen molar-refractivity contribution in [2.45, 2.75) is 83.1 Å². The van der Waals surface area contributed by atoms with Gasteiger partial charge in [-0.15, -0.1) is 0 Å². The summed E-state index contributed by atoms with van der Waals surface area (Å²) in [5, 5.41) is 36.7. The van der Waals surface area contributed by atoms with E-state index in [1.165, 1.54) is 88.3 Å². The largest absolute Gasteiger partial charge is 0.310 e. The fraction of sp³-hybridized carbons (Fsp3) is 0.0923. The number of nitrogens with zero attached hydrogens (tertiary/aromatic N) is 19. The third kappa shape index (κ3) is 18.4. The molecule has 0 atom stereocenters. The van der Waals surface area contributed by atoms with Gasteiger partial charge in [0.1, 0.15) is 23.3 Å². The topological polar surface area (TPSA) is 220 Å². The van der Waals surface area contributed by atoms with Crippen LogP contribution in [0.2, 0.25) is 0 Å². The lowest BCUT2D eigenvalue weighted by atomic mass is 9.96. The number of nitriles is 3. The van der Waals surface area contributed by atoms with Crippen molar-refractivity contribution >= 4 is 88.2 Å². The van der Waals surface area contributed by atoms with E-state index in [-0.39, 0.29) is 0 Å². The summed E-state index contributed by atoms with van der Waals surface area (Å²) in [7, 11) is 0. The van der Waals surface area contributed by atoms with Crippen molar-refractivity contribution in [1.82, 2.24) is 58.6 Å². The first kappa shape index (κ1) is 94.8. The van der Waals surface area contributed by atoms with Gasteiger partial charge in [0, 0.05) is 82.8 Å². The van der Waals surface area contributed by atoms with Gasteiger partial charge in [0.15, 0.2) is 51.9 Å². The number of rotatable bonds is 14. The molecular formula is C130H91N19. The average molecular weight is 1920 g/mol. The van der Waals surface area contributed by atoms with E-state index in [1.807, 2.05) is 155 Å². The van der Waals surface area contributed by atoms with E-state index in [2.05, 4.69) is 300 Å². The maximum absolute atomic E-state index is 10.4. The lowest BCUT2D eigenvalue weighted by molar-refractivity contribution is 0.927. The van der Waals surface area contributed by atoms with Crippen LogP contribution in [0, 0.1) is 143 Å². The molecule has 0 radical (unpaired) electrons. The minimum atomic E-state index is 0.352. The lowest BCUT2D eigenvalue weighted by Crippen LogP contribution is -2.02. The second-order valence-electron chi connectivity index (χ2n) is 37.7. The smallest absolute Gasteiger partial charge is 0.200 e. The molecule has 6 aromatic heterocycles. The molecule has 23 rings (SSSR count). The number of aryl methyl sites for hydroxylation is 12. The zero-order valence-corrected chi connectivity index (χ0v) is 83.8. The summed E-state index contributed by atoms with van der Waals surface area (Å²) in [5.74, 6) is 4.86. The van der Waals surface area contributed by atoms with E-state index in [9.17, 15) is 15.8 Å². The molecule has 19 heteroatoms. The lowest BCUT2D eigenvalue weighted by Gasteiger charge is -2.13. The highest BCUT2D eigenvalue weighted by Gasteiger charge is 2.26. The predicted molar refractivity (Wildman–Crippen MR) is 598 cm³/mol. The van der Waals surface area contributed by atoms with Crippen LogP contribution in [0.5, 0.6) is 0 Å². The minimum absolute atomic E-state index is 0.352. The van der Waals surface area contributed by atoms with E-state index in [0.29, 0.717) is 109 Å². The van der Waals surface area contributed by atoms with Crippen LogP contribution in [-0.2, 0) is 0 Å². The highest BCUT2D eigenvalue weighted by atomic mass is 15.1. The van der Waals surface area contributed by atoms with Crippen LogP contribution in [-0.4, -0.2) is 58.6 Å². The van der Waals surface area contributed by atoms with Crippen molar-refractivity contribution in [2.24, 2.45) is 0 Å². The maximum Gasteiger partial charge on any atom is 0.200 e. The van der Waals surface area contributed by atoms with Gasteiger partial charge in [0.25, 0.3) is 0 Å².